The second-order valence-corrected chi connectivity index (χ2v) is 7.02. The fraction of sp³-hybridized carbons (Fsp3) is 0.500. The highest BCUT2D eigenvalue weighted by Gasteiger charge is 2.18. The standard InChI is InChI=1S/C14H20O4S/c1-3-11(2)9-19(17,18)10-13-7-5-4-6-12(13)8-14(15)16/h4-7,11H,3,8-10H2,1-2H3,(H,15,16). The summed E-state index contributed by atoms with van der Waals surface area (Å²) < 4.78 is 24.1. The molecule has 4 nitrogen and oxygen atoms in total. The lowest BCUT2D eigenvalue weighted by molar-refractivity contribution is -0.136. The van der Waals surface area contributed by atoms with Crippen LogP contribution in [0.3, 0.4) is 0 Å². The number of hydrogen-bond acceptors (Lipinski definition) is 3. The third kappa shape index (κ3) is 5.42. The van der Waals surface area contributed by atoms with Crippen molar-refractivity contribution in [3.63, 3.8) is 0 Å². The van der Waals surface area contributed by atoms with Crippen LogP contribution >= 0.6 is 0 Å². The van der Waals surface area contributed by atoms with Crippen LogP contribution in [-0.4, -0.2) is 25.2 Å². The summed E-state index contributed by atoms with van der Waals surface area (Å²) in [6.45, 7) is 3.86. The molecule has 1 rings (SSSR count). The van der Waals surface area contributed by atoms with Gasteiger partial charge in [0.05, 0.1) is 17.9 Å². The summed E-state index contributed by atoms with van der Waals surface area (Å²) in [4.78, 5) is 10.8. The highest BCUT2D eigenvalue weighted by molar-refractivity contribution is 7.90. The number of carboxylic acid groups (broad SMARTS) is 1. The van der Waals surface area contributed by atoms with Crippen LogP contribution in [0.15, 0.2) is 24.3 Å². The minimum atomic E-state index is -3.20. The first-order valence-electron chi connectivity index (χ1n) is 6.33. The van der Waals surface area contributed by atoms with Crippen molar-refractivity contribution < 1.29 is 18.3 Å². The summed E-state index contributed by atoms with van der Waals surface area (Å²) in [5, 5.41) is 8.82. The van der Waals surface area contributed by atoms with Crippen LogP contribution in [0.5, 0.6) is 0 Å². The Bertz CT molecular complexity index is 534. The quantitative estimate of drug-likeness (QED) is 0.833. The van der Waals surface area contributed by atoms with Gasteiger partial charge in [-0.15, -0.1) is 0 Å². The Balaban J connectivity index is 2.90. The monoisotopic (exact) mass is 284 g/mol. The number of rotatable bonds is 7. The Labute approximate surface area is 114 Å². The minimum absolute atomic E-state index is 0.0825. The fourth-order valence-electron chi connectivity index (χ4n) is 1.88. The molecule has 1 unspecified atom stereocenters. The summed E-state index contributed by atoms with van der Waals surface area (Å²) in [5.41, 5.74) is 1.16. The van der Waals surface area contributed by atoms with E-state index in [4.69, 9.17) is 5.11 Å². The maximum absolute atomic E-state index is 12.1. The summed E-state index contributed by atoms with van der Waals surface area (Å²) in [6, 6.07) is 6.82. The molecular formula is C14H20O4S. The molecule has 0 radical (unpaired) electrons. The van der Waals surface area contributed by atoms with Gasteiger partial charge in [-0.2, -0.15) is 0 Å². The SMILES string of the molecule is CCC(C)CS(=O)(=O)Cc1ccccc1CC(=O)O. The maximum atomic E-state index is 12.1. The molecule has 1 N–H and O–H groups in total. The molecule has 1 aromatic carbocycles. The van der Waals surface area contributed by atoms with Gasteiger partial charge in [0.2, 0.25) is 0 Å². The molecule has 0 saturated heterocycles. The van der Waals surface area contributed by atoms with Crippen molar-refractivity contribution in [2.75, 3.05) is 5.75 Å². The lowest BCUT2D eigenvalue weighted by atomic mass is 10.1. The van der Waals surface area contributed by atoms with Gasteiger partial charge < -0.3 is 5.11 Å². The average Bonchev–Trinajstić information content (AvgIpc) is 2.30. The predicted octanol–water partition coefficient (Wildman–Crippen LogP) is 2.27. The Morgan fingerprint density at radius 3 is 2.37 bits per heavy atom. The zero-order valence-corrected chi connectivity index (χ0v) is 12.1. The summed E-state index contributed by atoms with van der Waals surface area (Å²) in [6.07, 6.45) is 0.672. The van der Waals surface area contributed by atoms with Gasteiger partial charge >= 0.3 is 5.97 Å². The number of carbonyl (C=O) groups is 1. The highest BCUT2D eigenvalue weighted by atomic mass is 32.2. The molecule has 5 heteroatoms. The molecule has 1 atom stereocenters. The number of carboxylic acids is 1. The number of hydrogen-bond donors (Lipinski definition) is 1. The van der Waals surface area contributed by atoms with Gasteiger partial charge in [-0.3, -0.25) is 4.79 Å². The molecule has 0 aliphatic heterocycles. The fourth-order valence-corrected chi connectivity index (χ4v) is 3.86. The van der Waals surface area contributed by atoms with E-state index in [1.165, 1.54) is 0 Å². The molecule has 0 amide bonds. The van der Waals surface area contributed by atoms with Gasteiger partial charge in [-0.25, -0.2) is 8.42 Å². The Morgan fingerprint density at radius 2 is 1.84 bits per heavy atom. The summed E-state index contributed by atoms with van der Waals surface area (Å²) in [5.74, 6) is -0.769. The van der Waals surface area contributed by atoms with Crippen LogP contribution < -0.4 is 0 Å². The van der Waals surface area contributed by atoms with Gasteiger partial charge in [-0.05, 0) is 17.0 Å². The molecule has 19 heavy (non-hydrogen) atoms. The van der Waals surface area contributed by atoms with Crippen molar-refractivity contribution in [2.45, 2.75) is 32.4 Å². The molecule has 0 bridgehead atoms. The molecule has 0 aliphatic carbocycles. The van der Waals surface area contributed by atoms with E-state index >= 15 is 0 Å². The van der Waals surface area contributed by atoms with E-state index in [1.807, 2.05) is 13.8 Å². The number of sulfone groups is 1. The Morgan fingerprint density at radius 1 is 1.26 bits per heavy atom. The van der Waals surface area contributed by atoms with E-state index in [0.717, 1.165) is 6.42 Å². The third-order valence-electron chi connectivity index (χ3n) is 3.07. The number of benzene rings is 1. The van der Waals surface area contributed by atoms with E-state index < -0.39 is 15.8 Å². The van der Waals surface area contributed by atoms with Crippen molar-refractivity contribution in [3.8, 4) is 0 Å². The molecule has 0 aliphatic rings. The van der Waals surface area contributed by atoms with Crippen LogP contribution in [0.2, 0.25) is 0 Å². The Kier molecular flexibility index (Phi) is 5.54. The van der Waals surface area contributed by atoms with Crippen molar-refractivity contribution in [3.05, 3.63) is 35.4 Å². The molecule has 0 spiro atoms. The van der Waals surface area contributed by atoms with Crippen LogP contribution in [0.25, 0.3) is 0 Å². The topological polar surface area (TPSA) is 71.4 Å². The van der Waals surface area contributed by atoms with Crippen molar-refractivity contribution in [2.24, 2.45) is 5.92 Å². The van der Waals surface area contributed by atoms with E-state index in [2.05, 4.69) is 0 Å². The predicted molar refractivity (Wildman–Crippen MR) is 74.7 cm³/mol. The second kappa shape index (κ2) is 6.70. The first-order valence-corrected chi connectivity index (χ1v) is 8.15. The largest absolute Gasteiger partial charge is 0.481 e. The highest BCUT2D eigenvalue weighted by Crippen LogP contribution is 2.16. The van der Waals surface area contributed by atoms with Crippen LogP contribution in [0.1, 0.15) is 31.4 Å². The van der Waals surface area contributed by atoms with Crippen molar-refractivity contribution in [1.82, 2.24) is 0 Å². The average molecular weight is 284 g/mol. The van der Waals surface area contributed by atoms with Gasteiger partial charge in [0.15, 0.2) is 9.84 Å². The minimum Gasteiger partial charge on any atom is -0.481 e. The normalized spacial score (nSPS) is 13.2. The zero-order chi connectivity index (χ0) is 14.5. The van der Waals surface area contributed by atoms with E-state index in [0.29, 0.717) is 11.1 Å². The first-order chi connectivity index (χ1) is 8.84. The van der Waals surface area contributed by atoms with E-state index in [1.54, 1.807) is 24.3 Å². The molecule has 0 saturated carbocycles. The molecule has 0 fully saturated rings. The van der Waals surface area contributed by atoms with E-state index in [-0.39, 0.29) is 23.8 Å². The van der Waals surface area contributed by atoms with Gasteiger partial charge in [-0.1, -0.05) is 44.5 Å². The van der Waals surface area contributed by atoms with Crippen LogP contribution in [-0.2, 0) is 26.8 Å². The molecular weight excluding hydrogens is 264 g/mol. The van der Waals surface area contributed by atoms with Crippen LogP contribution in [0.4, 0.5) is 0 Å². The Hall–Kier alpha value is -1.36. The maximum Gasteiger partial charge on any atom is 0.307 e. The summed E-state index contributed by atoms with van der Waals surface area (Å²) in [7, 11) is -3.20. The zero-order valence-electron chi connectivity index (χ0n) is 11.3. The smallest absolute Gasteiger partial charge is 0.307 e. The third-order valence-corrected chi connectivity index (χ3v) is 4.90. The lowest BCUT2D eigenvalue weighted by Crippen LogP contribution is -2.16. The van der Waals surface area contributed by atoms with Gasteiger partial charge in [0, 0.05) is 0 Å². The molecule has 0 aromatic heterocycles. The second-order valence-electron chi connectivity index (χ2n) is 4.91. The lowest BCUT2D eigenvalue weighted by Gasteiger charge is -2.11. The van der Waals surface area contributed by atoms with Crippen molar-refractivity contribution in [1.29, 1.82) is 0 Å². The first kappa shape index (κ1) is 15.7. The summed E-state index contributed by atoms with van der Waals surface area (Å²) >= 11 is 0. The van der Waals surface area contributed by atoms with Gasteiger partial charge in [0.25, 0.3) is 0 Å². The molecule has 106 valence electrons. The molecule has 1 aromatic rings. The van der Waals surface area contributed by atoms with Crippen LogP contribution in [0, 0.1) is 5.92 Å². The molecule has 0 heterocycles. The van der Waals surface area contributed by atoms with E-state index in [9.17, 15) is 13.2 Å². The number of aliphatic carboxylic acids is 1. The van der Waals surface area contributed by atoms with Gasteiger partial charge in [0.1, 0.15) is 0 Å². The van der Waals surface area contributed by atoms with Crippen molar-refractivity contribution >= 4 is 15.8 Å².